The maximum atomic E-state index is 11.1. The SMILES string of the molecule is CC.CC.CC.CC.CC(=O)CC(=O)Nc1ccccc1.CNC(=O)CC(C)=O.Cc1cc(=O)n(C)c(O)c1C.c1ccc2ccccc2c1. The first kappa shape index (κ1) is 51.8. The Balaban J connectivity index is -0.000000266. The molecule has 4 aromatic rings. The van der Waals surface area contributed by atoms with Gasteiger partial charge in [-0.05, 0) is 56.2 Å². The molecule has 0 bridgehead atoms. The minimum absolute atomic E-state index is 0.00347. The number of para-hydroxylation sites is 1. The van der Waals surface area contributed by atoms with Crippen molar-refractivity contribution in [2.75, 3.05) is 12.4 Å². The average molecular weight is 694 g/mol. The maximum absolute atomic E-state index is 11.1. The number of amides is 2. The van der Waals surface area contributed by atoms with Gasteiger partial charge >= 0.3 is 0 Å². The minimum Gasteiger partial charge on any atom is -0.494 e. The summed E-state index contributed by atoms with van der Waals surface area (Å²) in [6.45, 7) is 22.4. The van der Waals surface area contributed by atoms with E-state index in [0.29, 0.717) is 5.69 Å². The van der Waals surface area contributed by atoms with Crippen molar-refractivity contribution in [2.24, 2.45) is 7.05 Å². The van der Waals surface area contributed by atoms with Gasteiger partial charge in [-0.1, -0.05) is 122 Å². The summed E-state index contributed by atoms with van der Waals surface area (Å²) < 4.78 is 1.22. The van der Waals surface area contributed by atoms with E-state index in [4.69, 9.17) is 0 Å². The normalized spacial score (nSPS) is 8.44. The number of rotatable bonds is 5. The molecule has 278 valence electrons. The number of nitrogens with zero attached hydrogens (tertiary/aromatic N) is 1. The van der Waals surface area contributed by atoms with Crippen molar-refractivity contribution >= 4 is 39.8 Å². The molecule has 0 saturated carbocycles. The lowest BCUT2D eigenvalue weighted by atomic mass is 10.1. The van der Waals surface area contributed by atoms with Crippen LogP contribution in [0.2, 0.25) is 0 Å². The highest BCUT2D eigenvalue weighted by Gasteiger charge is 2.05. The van der Waals surface area contributed by atoms with Crippen LogP contribution in [-0.2, 0) is 26.2 Å². The monoisotopic (exact) mass is 693 g/mol. The summed E-state index contributed by atoms with van der Waals surface area (Å²) >= 11 is 0. The highest BCUT2D eigenvalue weighted by atomic mass is 16.3. The van der Waals surface area contributed by atoms with Crippen molar-refractivity contribution in [3.63, 3.8) is 0 Å². The predicted molar refractivity (Wildman–Crippen MR) is 212 cm³/mol. The number of nitrogens with one attached hydrogen (secondary N) is 2. The predicted octanol–water partition coefficient (Wildman–Crippen LogP) is 8.97. The molecule has 9 heteroatoms. The van der Waals surface area contributed by atoms with Crippen molar-refractivity contribution in [1.29, 1.82) is 0 Å². The third kappa shape index (κ3) is 25.0. The Hall–Kier alpha value is -5.05. The van der Waals surface area contributed by atoms with E-state index in [1.165, 1.54) is 42.3 Å². The van der Waals surface area contributed by atoms with E-state index in [1.807, 2.05) is 73.6 Å². The number of benzene rings is 3. The van der Waals surface area contributed by atoms with Gasteiger partial charge in [0.1, 0.15) is 11.6 Å². The van der Waals surface area contributed by atoms with Gasteiger partial charge in [0, 0.05) is 31.4 Å². The zero-order valence-corrected chi connectivity index (χ0v) is 32.9. The maximum Gasteiger partial charge on any atom is 0.253 e. The highest BCUT2D eigenvalue weighted by molar-refractivity contribution is 6.03. The number of aryl methyl sites for hydroxylation is 1. The molecule has 3 N–H and O–H groups in total. The molecule has 0 fully saturated rings. The van der Waals surface area contributed by atoms with Crippen molar-refractivity contribution < 1.29 is 24.3 Å². The van der Waals surface area contributed by atoms with E-state index < -0.39 is 0 Å². The summed E-state index contributed by atoms with van der Waals surface area (Å²) in [7, 11) is 3.05. The van der Waals surface area contributed by atoms with Gasteiger partial charge in [-0.3, -0.25) is 28.5 Å². The van der Waals surface area contributed by atoms with E-state index in [2.05, 4.69) is 59.2 Å². The molecule has 0 unspecified atom stereocenters. The number of aromatic nitrogens is 1. The lowest BCUT2D eigenvalue weighted by Crippen LogP contribution is -2.19. The van der Waals surface area contributed by atoms with Crippen LogP contribution in [-0.4, -0.2) is 40.1 Å². The smallest absolute Gasteiger partial charge is 0.253 e. The van der Waals surface area contributed by atoms with Crippen LogP contribution in [0.15, 0.2) is 89.7 Å². The molecule has 1 aromatic heterocycles. The lowest BCUT2D eigenvalue weighted by molar-refractivity contribution is -0.127. The average Bonchev–Trinajstić information content (AvgIpc) is 3.14. The van der Waals surface area contributed by atoms with E-state index in [1.54, 1.807) is 33.0 Å². The number of hydrogen-bond acceptors (Lipinski definition) is 6. The third-order valence-corrected chi connectivity index (χ3v) is 5.73. The van der Waals surface area contributed by atoms with Gasteiger partial charge in [-0.25, -0.2) is 0 Å². The Kier molecular flexibility index (Phi) is 35.0. The van der Waals surface area contributed by atoms with Crippen molar-refractivity contribution in [3.8, 4) is 5.88 Å². The molecule has 4 rings (SSSR count). The molecular weight excluding hydrogens is 630 g/mol. The highest BCUT2D eigenvalue weighted by Crippen LogP contribution is 2.15. The molecule has 50 heavy (non-hydrogen) atoms. The molecule has 0 spiro atoms. The van der Waals surface area contributed by atoms with Gasteiger partial charge in [0.2, 0.25) is 11.8 Å². The molecule has 3 aromatic carbocycles. The number of carbonyl (C=O) groups is 4. The summed E-state index contributed by atoms with van der Waals surface area (Å²) in [5.41, 5.74) is 2.12. The van der Waals surface area contributed by atoms with E-state index >= 15 is 0 Å². The number of carbonyl (C=O) groups excluding carboxylic acids is 4. The topological polar surface area (TPSA) is 135 Å². The molecule has 0 aliphatic rings. The van der Waals surface area contributed by atoms with Crippen LogP contribution < -0.4 is 16.2 Å². The zero-order chi connectivity index (χ0) is 39.7. The first-order valence-electron chi connectivity index (χ1n) is 17.2. The Labute approximate surface area is 301 Å². The van der Waals surface area contributed by atoms with E-state index in [-0.39, 0.29) is 47.7 Å². The second-order valence-electron chi connectivity index (χ2n) is 9.37. The van der Waals surface area contributed by atoms with Crippen LogP contribution in [0.25, 0.3) is 10.8 Å². The van der Waals surface area contributed by atoms with Gasteiger partial charge in [-0.2, -0.15) is 0 Å². The largest absolute Gasteiger partial charge is 0.494 e. The van der Waals surface area contributed by atoms with Crippen LogP contribution in [0.4, 0.5) is 5.69 Å². The molecule has 9 nitrogen and oxygen atoms in total. The second kappa shape index (κ2) is 33.8. The van der Waals surface area contributed by atoms with Gasteiger partial charge in [0.15, 0.2) is 5.88 Å². The van der Waals surface area contributed by atoms with E-state index in [9.17, 15) is 29.1 Å². The minimum atomic E-state index is -0.265. The summed E-state index contributed by atoms with van der Waals surface area (Å²) in [4.78, 5) is 53.1. The van der Waals surface area contributed by atoms with Crippen LogP contribution in [0.5, 0.6) is 5.88 Å². The van der Waals surface area contributed by atoms with Crippen molar-refractivity contribution in [1.82, 2.24) is 9.88 Å². The van der Waals surface area contributed by atoms with Gasteiger partial charge in [-0.15, -0.1) is 0 Å². The third-order valence-electron chi connectivity index (χ3n) is 5.73. The Morgan fingerprint density at radius 1 is 0.640 bits per heavy atom. The van der Waals surface area contributed by atoms with Gasteiger partial charge in [0.25, 0.3) is 5.56 Å². The number of fused-ring (bicyclic) bond motifs is 1. The second-order valence-corrected chi connectivity index (χ2v) is 9.37. The van der Waals surface area contributed by atoms with Gasteiger partial charge < -0.3 is 15.7 Å². The first-order chi connectivity index (χ1) is 23.8. The lowest BCUT2D eigenvalue weighted by Gasteiger charge is -2.06. The molecular formula is C41H63N3O6. The fourth-order valence-corrected chi connectivity index (χ4v) is 3.32. The Morgan fingerprint density at radius 3 is 1.34 bits per heavy atom. The molecule has 0 atom stereocenters. The fraction of sp³-hybridized carbons (Fsp3) is 0.390. The summed E-state index contributed by atoms with van der Waals surface area (Å²) in [6, 6.07) is 27.3. The number of anilines is 1. The quantitative estimate of drug-likeness (QED) is 0.179. The van der Waals surface area contributed by atoms with Crippen LogP contribution >= 0.6 is 0 Å². The molecule has 0 aliphatic heterocycles. The number of pyridine rings is 1. The summed E-state index contributed by atoms with van der Waals surface area (Å²) in [5, 5.41) is 16.9. The molecule has 2 amide bonds. The summed E-state index contributed by atoms with van der Waals surface area (Å²) in [5.74, 6) is -0.677. The van der Waals surface area contributed by atoms with Gasteiger partial charge in [0.05, 0.1) is 12.8 Å². The number of ketones is 2. The summed E-state index contributed by atoms with van der Waals surface area (Å²) in [6.07, 6.45) is -0.0641. The van der Waals surface area contributed by atoms with Crippen LogP contribution in [0.3, 0.4) is 0 Å². The standard InChI is InChI=1S/C10H11NO2.C10H8.C8H11NO2.C5H9NO2.4C2H6/c1-8(12)7-10(13)11-9-5-3-2-4-6-9;1-2-6-10-8-4-3-7-9(10)5-1;1-5-4-7(10)9(3)8(11)6(5)2;1-4(7)3-5(8)6-2;4*1-2/h2-6H,7H2,1H3,(H,11,13);1-8H;4,11H,1-3H3;3H2,1-2H3,(H,6,8);4*1-2H3. The Morgan fingerprint density at radius 2 is 1.00 bits per heavy atom. The van der Waals surface area contributed by atoms with Crippen molar-refractivity contribution in [3.05, 3.63) is 106 Å². The molecule has 0 radical (unpaired) electrons. The number of aromatic hydroxyl groups is 1. The number of hydrogen-bond donors (Lipinski definition) is 3. The molecule has 1 heterocycles. The molecule has 0 aliphatic carbocycles. The fourth-order valence-electron chi connectivity index (χ4n) is 3.32. The zero-order valence-electron chi connectivity index (χ0n) is 32.9. The van der Waals surface area contributed by atoms with Crippen LogP contribution in [0.1, 0.15) is 93.2 Å². The number of Topliss-reactive ketones (excluding diaryl/α,β-unsaturated/α-hetero) is 2. The van der Waals surface area contributed by atoms with E-state index in [0.717, 1.165) is 11.1 Å². The first-order valence-corrected chi connectivity index (χ1v) is 17.2. The Bertz CT molecular complexity index is 1480. The van der Waals surface area contributed by atoms with Crippen molar-refractivity contribution in [2.45, 2.75) is 95.9 Å². The van der Waals surface area contributed by atoms with Crippen LogP contribution in [0, 0.1) is 13.8 Å². The molecule has 0 saturated heterocycles.